The van der Waals surface area contributed by atoms with Gasteiger partial charge in [0.25, 0.3) is 0 Å². The highest BCUT2D eigenvalue weighted by molar-refractivity contribution is 5.78. The number of ether oxygens (including phenoxy) is 1. The summed E-state index contributed by atoms with van der Waals surface area (Å²) >= 11 is 0. The van der Waals surface area contributed by atoms with E-state index in [2.05, 4.69) is 23.7 Å². The minimum absolute atomic E-state index is 0.0728. The van der Waals surface area contributed by atoms with E-state index in [4.69, 9.17) is 4.74 Å². The van der Waals surface area contributed by atoms with Crippen molar-refractivity contribution in [3.05, 3.63) is 12.2 Å². The molecule has 0 spiro atoms. The van der Waals surface area contributed by atoms with E-state index in [0.29, 0.717) is 13.1 Å². The first-order chi connectivity index (χ1) is 8.11. The lowest BCUT2D eigenvalue weighted by Crippen LogP contribution is -2.40. The van der Waals surface area contributed by atoms with E-state index in [1.807, 2.05) is 6.92 Å². The normalized spacial score (nSPS) is 19.6. The highest BCUT2D eigenvalue weighted by Crippen LogP contribution is 2.10. The molecule has 0 aliphatic carbocycles. The summed E-state index contributed by atoms with van der Waals surface area (Å²) in [6.07, 6.45) is 2.39. The van der Waals surface area contributed by atoms with Crippen LogP contribution in [0.15, 0.2) is 12.2 Å². The van der Waals surface area contributed by atoms with Gasteiger partial charge in [-0.2, -0.15) is 0 Å². The van der Waals surface area contributed by atoms with Gasteiger partial charge >= 0.3 is 0 Å². The van der Waals surface area contributed by atoms with Crippen LogP contribution in [0, 0.1) is 0 Å². The van der Waals surface area contributed by atoms with Gasteiger partial charge in [-0.25, -0.2) is 0 Å². The Balaban J connectivity index is 2.19. The molecule has 0 aromatic heterocycles. The molecular formula is C13H24N2O2. The quantitative estimate of drug-likeness (QED) is 0.679. The number of nitrogens with one attached hydrogen (secondary N) is 1. The Morgan fingerprint density at radius 2 is 2.29 bits per heavy atom. The van der Waals surface area contributed by atoms with E-state index in [1.54, 1.807) is 0 Å². The molecule has 1 atom stereocenters. The van der Waals surface area contributed by atoms with Crippen LogP contribution in [0.25, 0.3) is 0 Å². The molecule has 0 aromatic carbocycles. The van der Waals surface area contributed by atoms with Gasteiger partial charge in [0.2, 0.25) is 5.91 Å². The number of hydrogen-bond donors (Lipinski definition) is 1. The summed E-state index contributed by atoms with van der Waals surface area (Å²) in [7, 11) is 0. The van der Waals surface area contributed by atoms with Crippen LogP contribution in [0.5, 0.6) is 0 Å². The predicted octanol–water partition coefficient (Wildman–Crippen LogP) is 1.18. The molecular weight excluding hydrogens is 216 g/mol. The predicted molar refractivity (Wildman–Crippen MR) is 68.9 cm³/mol. The molecule has 1 heterocycles. The topological polar surface area (TPSA) is 41.6 Å². The summed E-state index contributed by atoms with van der Waals surface area (Å²) < 4.78 is 5.46. The lowest BCUT2D eigenvalue weighted by atomic mass is 10.2. The first-order valence-corrected chi connectivity index (χ1v) is 6.37. The molecule has 4 nitrogen and oxygen atoms in total. The van der Waals surface area contributed by atoms with E-state index >= 15 is 0 Å². The molecule has 0 radical (unpaired) electrons. The van der Waals surface area contributed by atoms with E-state index in [-0.39, 0.29) is 12.0 Å². The average molecular weight is 240 g/mol. The molecule has 1 saturated heterocycles. The third kappa shape index (κ3) is 5.84. The lowest BCUT2D eigenvalue weighted by molar-refractivity contribution is -0.122. The number of amides is 1. The zero-order chi connectivity index (χ0) is 12.7. The second kappa shape index (κ2) is 7.45. The molecule has 0 aromatic rings. The van der Waals surface area contributed by atoms with E-state index < -0.39 is 0 Å². The standard InChI is InChI=1S/C13H24N2O2/c1-4-15(9-11(2)3)10-13(16)14-8-12-6-5-7-17-12/h12H,2,4-10H2,1,3H3,(H,14,16). The molecule has 1 unspecified atom stereocenters. The largest absolute Gasteiger partial charge is 0.376 e. The molecule has 0 bridgehead atoms. The highest BCUT2D eigenvalue weighted by atomic mass is 16.5. The second-order valence-corrected chi connectivity index (χ2v) is 4.70. The average Bonchev–Trinajstić information content (AvgIpc) is 2.77. The summed E-state index contributed by atoms with van der Waals surface area (Å²) in [5.74, 6) is 0.0728. The van der Waals surface area contributed by atoms with Gasteiger partial charge in [0.1, 0.15) is 0 Å². The van der Waals surface area contributed by atoms with Crippen molar-refractivity contribution in [3.63, 3.8) is 0 Å². The van der Waals surface area contributed by atoms with Crippen LogP contribution in [-0.4, -0.2) is 49.7 Å². The smallest absolute Gasteiger partial charge is 0.234 e. The Morgan fingerprint density at radius 1 is 1.53 bits per heavy atom. The van der Waals surface area contributed by atoms with Crippen LogP contribution in [0.3, 0.4) is 0 Å². The number of hydrogen-bond acceptors (Lipinski definition) is 3. The van der Waals surface area contributed by atoms with Crippen LogP contribution >= 0.6 is 0 Å². The van der Waals surface area contributed by atoms with Crippen molar-refractivity contribution >= 4 is 5.91 Å². The van der Waals surface area contributed by atoms with E-state index in [1.165, 1.54) is 0 Å². The SMILES string of the molecule is C=C(C)CN(CC)CC(=O)NCC1CCCO1. The number of nitrogens with zero attached hydrogens (tertiary/aromatic N) is 1. The van der Waals surface area contributed by atoms with Gasteiger partial charge in [-0.05, 0) is 26.3 Å². The second-order valence-electron chi connectivity index (χ2n) is 4.70. The third-order valence-electron chi connectivity index (χ3n) is 2.86. The molecule has 98 valence electrons. The Hall–Kier alpha value is -0.870. The molecule has 1 aliphatic rings. The fourth-order valence-electron chi connectivity index (χ4n) is 1.95. The van der Waals surface area contributed by atoms with Crippen molar-refractivity contribution in [2.24, 2.45) is 0 Å². The Labute approximate surface area is 104 Å². The van der Waals surface area contributed by atoms with Gasteiger partial charge < -0.3 is 10.1 Å². The molecule has 1 fully saturated rings. The fourth-order valence-corrected chi connectivity index (χ4v) is 1.95. The van der Waals surface area contributed by atoms with Crippen LogP contribution < -0.4 is 5.32 Å². The van der Waals surface area contributed by atoms with Crippen LogP contribution in [-0.2, 0) is 9.53 Å². The van der Waals surface area contributed by atoms with Crippen LogP contribution in [0.1, 0.15) is 26.7 Å². The zero-order valence-corrected chi connectivity index (χ0v) is 11.0. The molecule has 4 heteroatoms. The van der Waals surface area contributed by atoms with Gasteiger partial charge in [-0.15, -0.1) is 0 Å². The van der Waals surface area contributed by atoms with Crippen molar-refractivity contribution < 1.29 is 9.53 Å². The van der Waals surface area contributed by atoms with Crippen molar-refractivity contribution in [1.29, 1.82) is 0 Å². The van der Waals surface area contributed by atoms with E-state index in [9.17, 15) is 4.79 Å². The fraction of sp³-hybridized carbons (Fsp3) is 0.769. The number of carbonyl (C=O) groups is 1. The number of rotatable bonds is 7. The molecule has 1 aliphatic heterocycles. The van der Waals surface area contributed by atoms with Gasteiger partial charge in [0.15, 0.2) is 0 Å². The van der Waals surface area contributed by atoms with Crippen molar-refractivity contribution in [3.8, 4) is 0 Å². The Morgan fingerprint density at radius 3 is 2.82 bits per heavy atom. The molecule has 1 rings (SSSR count). The number of likely N-dealkylation sites (N-methyl/N-ethyl adjacent to an activating group) is 1. The van der Waals surface area contributed by atoms with Gasteiger partial charge in [-0.1, -0.05) is 19.1 Å². The van der Waals surface area contributed by atoms with Crippen molar-refractivity contribution in [1.82, 2.24) is 10.2 Å². The number of carbonyl (C=O) groups excluding carboxylic acids is 1. The summed E-state index contributed by atoms with van der Waals surface area (Å²) in [4.78, 5) is 13.8. The van der Waals surface area contributed by atoms with Crippen LogP contribution in [0.2, 0.25) is 0 Å². The lowest BCUT2D eigenvalue weighted by Gasteiger charge is -2.20. The molecule has 0 saturated carbocycles. The zero-order valence-electron chi connectivity index (χ0n) is 11.0. The summed E-state index contributed by atoms with van der Waals surface area (Å²) in [5, 5.41) is 2.93. The Bertz CT molecular complexity index is 260. The summed E-state index contributed by atoms with van der Waals surface area (Å²) in [6, 6.07) is 0. The first kappa shape index (κ1) is 14.2. The summed E-state index contributed by atoms with van der Waals surface area (Å²) in [5.41, 5.74) is 1.08. The Kier molecular flexibility index (Phi) is 6.22. The van der Waals surface area contributed by atoms with Crippen LogP contribution in [0.4, 0.5) is 0 Å². The summed E-state index contributed by atoms with van der Waals surface area (Å²) in [6.45, 7) is 11.5. The minimum Gasteiger partial charge on any atom is -0.376 e. The maximum atomic E-state index is 11.7. The maximum absolute atomic E-state index is 11.7. The van der Waals surface area contributed by atoms with Gasteiger partial charge in [0, 0.05) is 19.7 Å². The maximum Gasteiger partial charge on any atom is 0.234 e. The molecule has 1 amide bonds. The third-order valence-corrected chi connectivity index (χ3v) is 2.86. The first-order valence-electron chi connectivity index (χ1n) is 6.37. The van der Waals surface area contributed by atoms with Gasteiger partial charge in [-0.3, -0.25) is 9.69 Å². The van der Waals surface area contributed by atoms with Gasteiger partial charge in [0.05, 0.1) is 12.6 Å². The monoisotopic (exact) mass is 240 g/mol. The van der Waals surface area contributed by atoms with E-state index in [0.717, 1.165) is 38.1 Å². The molecule has 1 N–H and O–H groups in total. The molecule has 17 heavy (non-hydrogen) atoms. The van der Waals surface area contributed by atoms with Crippen molar-refractivity contribution in [2.75, 3.05) is 32.8 Å². The minimum atomic E-state index is 0.0728. The highest BCUT2D eigenvalue weighted by Gasteiger charge is 2.16. The van der Waals surface area contributed by atoms with Crippen molar-refractivity contribution in [2.45, 2.75) is 32.8 Å².